The number of carbonyl (C=O) groups excluding carboxylic acids is 1. The first kappa shape index (κ1) is 19.5. The maximum Gasteiger partial charge on any atom is 0.226 e. The van der Waals surface area contributed by atoms with Crippen LogP contribution >= 0.6 is 11.6 Å². The van der Waals surface area contributed by atoms with Gasteiger partial charge >= 0.3 is 0 Å². The lowest BCUT2D eigenvalue weighted by molar-refractivity contribution is -0.132. The molecule has 150 valence electrons. The molecule has 1 aliphatic rings. The number of fused-ring (bicyclic) bond motifs is 1. The minimum atomic E-state index is 0.126. The first-order valence-electron chi connectivity index (χ1n) is 9.87. The van der Waals surface area contributed by atoms with Crippen LogP contribution in [0, 0.1) is 6.92 Å². The molecule has 1 saturated heterocycles. The molecule has 1 aliphatic heterocycles. The van der Waals surface area contributed by atoms with Crippen LogP contribution in [0.1, 0.15) is 12.0 Å². The van der Waals surface area contributed by atoms with Crippen LogP contribution in [0.5, 0.6) is 5.75 Å². The molecule has 4 rings (SSSR count). The van der Waals surface area contributed by atoms with Crippen LogP contribution in [-0.4, -0.2) is 48.6 Å². The SMILES string of the molecule is Cc1cc(N2CCN(C(=O)CCOc3ccc(Cl)cc3)CC2)nc2ccccc12. The molecule has 0 bridgehead atoms. The van der Waals surface area contributed by atoms with Crippen molar-refractivity contribution < 1.29 is 9.53 Å². The molecule has 6 heteroatoms. The van der Waals surface area contributed by atoms with Crippen LogP contribution in [0.25, 0.3) is 10.9 Å². The van der Waals surface area contributed by atoms with E-state index in [2.05, 4.69) is 24.0 Å². The molecule has 3 aromatic rings. The summed E-state index contributed by atoms with van der Waals surface area (Å²) in [4.78, 5) is 21.5. The number of hydrogen-bond donors (Lipinski definition) is 0. The number of halogens is 1. The van der Waals surface area contributed by atoms with Crippen LogP contribution < -0.4 is 9.64 Å². The average Bonchev–Trinajstić information content (AvgIpc) is 2.75. The Balaban J connectivity index is 1.30. The molecule has 0 N–H and O–H groups in total. The maximum absolute atomic E-state index is 12.5. The highest BCUT2D eigenvalue weighted by Crippen LogP contribution is 2.23. The fourth-order valence-corrected chi connectivity index (χ4v) is 3.75. The van der Waals surface area contributed by atoms with Gasteiger partial charge in [0.2, 0.25) is 5.91 Å². The summed E-state index contributed by atoms with van der Waals surface area (Å²) < 4.78 is 5.64. The van der Waals surface area contributed by atoms with E-state index in [9.17, 15) is 4.79 Å². The lowest BCUT2D eigenvalue weighted by Crippen LogP contribution is -2.49. The summed E-state index contributed by atoms with van der Waals surface area (Å²) in [5.41, 5.74) is 2.24. The molecule has 2 aromatic carbocycles. The van der Waals surface area contributed by atoms with Gasteiger partial charge in [0.25, 0.3) is 0 Å². The maximum atomic E-state index is 12.5. The molecular formula is C23H24ClN3O2. The van der Waals surface area contributed by atoms with Crippen molar-refractivity contribution in [3.05, 3.63) is 65.2 Å². The van der Waals surface area contributed by atoms with Gasteiger partial charge in [0.15, 0.2) is 0 Å². The second-order valence-corrected chi connectivity index (χ2v) is 7.67. The van der Waals surface area contributed by atoms with Gasteiger partial charge in [-0.3, -0.25) is 4.79 Å². The molecule has 1 amide bonds. The van der Waals surface area contributed by atoms with Crippen molar-refractivity contribution >= 4 is 34.2 Å². The third kappa shape index (κ3) is 4.62. The molecular weight excluding hydrogens is 386 g/mol. The summed E-state index contributed by atoms with van der Waals surface area (Å²) in [6.07, 6.45) is 0.371. The summed E-state index contributed by atoms with van der Waals surface area (Å²) in [6, 6.07) is 17.5. The van der Waals surface area contributed by atoms with Gasteiger partial charge in [0.1, 0.15) is 11.6 Å². The number of piperazine rings is 1. The lowest BCUT2D eigenvalue weighted by Gasteiger charge is -2.35. The minimum Gasteiger partial charge on any atom is -0.493 e. The number of amides is 1. The molecule has 29 heavy (non-hydrogen) atoms. The fraction of sp³-hybridized carbons (Fsp3) is 0.304. The number of ether oxygens (including phenoxy) is 1. The number of carbonyl (C=O) groups is 1. The van der Waals surface area contributed by atoms with Gasteiger partial charge in [-0.15, -0.1) is 0 Å². The first-order chi connectivity index (χ1) is 14.1. The zero-order valence-corrected chi connectivity index (χ0v) is 17.2. The van der Waals surface area contributed by atoms with Crippen molar-refractivity contribution in [2.75, 3.05) is 37.7 Å². The molecule has 0 spiro atoms. The van der Waals surface area contributed by atoms with Crippen LogP contribution in [0.15, 0.2) is 54.6 Å². The number of nitrogens with zero attached hydrogens (tertiary/aromatic N) is 3. The van der Waals surface area contributed by atoms with Crippen molar-refractivity contribution in [3.63, 3.8) is 0 Å². The Morgan fingerprint density at radius 3 is 2.55 bits per heavy atom. The number of anilines is 1. The van der Waals surface area contributed by atoms with E-state index < -0.39 is 0 Å². The molecule has 1 aromatic heterocycles. The predicted molar refractivity (Wildman–Crippen MR) is 117 cm³/mol. The second-order valence-electron chi connectivity index (χ2n) is 7.23. The fourth-order valence-electron chi connectivity index (χ4n) is 3.62. The molecule has 0 aliphatic carbocycles. The molecule has 2 heterocycles. The van der Waals surface area contributed by atoms with Gasteiger partial charge in [-0.05, 0) is 48.9 Å². The second kappa shape index (κ2) is 8.70. The Kier molecular flexibility index (Phi) is 5.86. The van der Waals surface area contributed by atoms with Crippen LogP contribution in [0.3, 0.4) is 0 Å². The van der Waals surface area contributed by atoms with Gasteiger partial charge in [0, 0.05) is 36.6 Å². The van der Waals surface area contributed by atoms with Crippen LogP contribution in [-0.2, 0) is 4.79 Å². The first-order valence-corrected chi connectivity index (χ1v) is 10.3. The number of benzene rings is 2. The molecule has 0 unspecified atom stereocenters. The van der Waals surface area contributed by atoms with Gasteiger partial charge in [-0.2, -0.15) is 0 Å². The number of rotatable bonds is 5. The highest BCUT2D eigenvalue weighted by atomic mass is 35.5. The van der Waals surface area contributed by atoms with Gasteiger partial charge in [-0.1, -0.05) is 29.8 Å². The quantitative estimate of drug-likeness (QED) is 0.629. The Bertz CT molecular complexity index is 999. The van der Waals surface area contributed by atoms with E-state index in [1.54, 1.807) is 12.1 Å². The summed E-state index contributed by atoms with van der Waals surface area (Å²) >= 11 is 5.87. The molecule has 0 radical (unpaired) electrons. The zero-order chi connectivity index (χ0) is 20.2. The topological polar surface area (TPSA) is 45.7 Å². The standard InChI is InChI=1S/C23H24ClN3O2/c1-17-16-22(25-21-5-3-2-4-20(17)21)26-11-13-27(14-12-26)23(28)10-15-29-19-8-6-18(24)7-9-19/h2-9,16H,10-15H2,1H3. The van der Waals surface area contributed by atoms with E-state index in [0.29, 0.717) is 31.1 Å². The van der Waals surface area contributed by atoms with E-state index in [0.717, 1.165) is 30.2 Å². The summed E-state index contributed by atoms with van der Waals surface area (Å²) in [5.74, 6) is 1.84. The van der Waals surface area contributed by atoms with Crippen molar-refractivity contribution in [2.45, 2.75) is 13.3 Å². The normalized spacial score (nSPS) is 14.3. The van der Waals surface area contributed by atoms with Crippen molar-refractivity contribution in [2.24, 2.45) is 0 Å². The third-order valence-electron chi connectivity index (χ3n) is 5.26. The Morgan fingerprint density at radius 1 is 1.07 bits per heavy atom. The van der Waals surface area contributed by atoms with Gasteiger partial charge in [-0.25, -0.2) is 4.98 Å². The van der Waals surface area contributed by atoms with Gasteiger partial charge in [0.05, 0.1) is 18.5 Å². The number of aromatic nitrogens is 1. The van der Waals surface area contributed by atoms with E-state index in [1.807, 2.05) is 35.2 Å². The van der Waals surface area contributed by atoms with E-state index in [4.69, 9.17) is 21.3 Å². The minimum absolute atomic E-state index is 0.126. The lowest BCUT2D eigenvalue weighted by atomic mass is 10.1. The average molecular weight is 410 g/mol. The Labute approximate surface area is 175 Å². The monoisotopic (exact) mass is 409 g/mol. The molecule has 0 saturated carbocycles. The molecule has 1 fully saturated rings. The number of pyridine rings is 1. The Morgan fingerprint density at radius 2 is 1.79 bits per heavy atom. The summed E-state index contributed by atoms with van der Waals surface area (Å²) in [7, 11) is 0. The Hall–Kier alpha value is -2.79. The third-order valence-corrected chi connectivity index (χ3v) is 5.52. The van der Waals surface area contributed by atoms with Gasteiger partial charge < -0.3 is 14.5 Å². The van der Waals surface area contributed by atoms with Crippen molar-refractivity contribution in [1.29, 1.82) is 0 Å². The van der Waals surface area contributed by atoms with Crippen molar-refractivity contribution in [1.82, 2.24) is 9.88 Å². The predicted octanol–water partition coefficient (Wildman–Crippen LogP) is 4.31. The van der Waals surface area contributed by atoms with E-state index in [1.165, 1.54) is 10.9 Å². The van der Waals surface area contributed by atoms with Crippen LogP contribution in [0.4, 0.5) is 5.82 Å². The van der Waals surface area contributed by atoms with Crippen LogP contribution in [0.2, 0.25) is 5.02 Å². The van der Waals surface area contributed by atoms with E-state index >= 15 is 0 Å². The molecule has 0 atom stereocenters. The smallest absolute Gasteiger partial charge is 0.226 e. The highest BCUT2D eigenvalue weighted by molar-refractivity contribution is 6.30. The van der Waals surface area contributed by atoms with E-state index in [-0.39, 0.29) is 5.91 Å². The number of para-hydroxylation sites is 1. The largest absolute Gasteiger partial charge is 0.493 e. The number of aryl methyl sites for hydroxylation is 1. The molecule has 5 nitrogen and oxygen atoms in total. The number of hydrogen-bond acceptors (Lipinski definition) is 4. The highest BCUT2D eigenvalue weighted by Gasteiger charge is 2.22. The van der Waals surface area contributed by atoms with Crippen molar-refractivity contribution in [3.8, 4) is 5.75 Å². The summed E-state index contributed by atoms with van der Waals surface area (Å²) in [6.45, 7) is 5.46. The summed E-state index contributed by atoms with van der Waals surface area (Å²) in [5, 5.41) is 1.85. The zero-order valence-electron chi connectivity index (χ0n) is 16.5.